The van der Waals surface area contributed by atoms with Crippen molar-refractivity contribution in [3.8, 4) is 0 Å². The first kappa shape index (κ1) is 9.69. The Hall–Kier alpha value is -0.860. The molecule has 0 unspecified atom stereocenters. The van der Waals surface area contributed by atoms with Gasteiger partial charge in [-0.3, -0.25) is 9.59 Å². The molecule has 0 bridgehead atoms. The van der Waals surface area contributed by atoms with E-state index in [4.69, 9.17) is 0 Å². The van der Waals surface area contributed by atoms with Crippen molar-refractivity contribution < 1.29 is 9.59 Å². The van der Waals surface area contributed by atoms with Gasteiger partial charge in [0.15, 0.2) is 0 Å². The van der Waals surface area contributed by atoms with Crippen LogP contribution >= 0.6 is 0 Å². The third kappa shape index (κ3) is 1.97. The third-order valence-corrected chi connectivity index (χ3v) is 3.31. The minimum atomic E-state index is 0.207. The molecule has 0 radical (unpaired) electrons. The van der Waals surface area contributed by atoms with Crippen LogP contribution in [0.3, 0.4) is 0 Å². The maximum Gasteiger partial charge on any atom is 0.225 e. The Morgan fingerprint density at radius 2 is 1.57 bits per heavy atom. The van der Waals surface area contributed by atoms with Crippen molar-refractivity contribution in [3.05, 3.63) is 0 Å². The summed E-state index contributed by atoms with van der Waals surface area (Å²) in [6.07, 6.45) is 3.89. The zero-order valence-corrected chi connectivity index (χ0v) is 8.66. The number of likely N-dealkylation sites (tertiary alicyclic amines) is 1. The van der Waals surface area contributed by atoms with Crippen molar-refractivity contribution in [1.82, 2.24) is 4.90 Å². The van der Waals surface area contributed by atoms with Gasteiger partial charge in [-0.05, 0) is 32.6 Å². The van der Waals surface area contributed by atoms with Crippen LogP contribution in [0.15, 0.2) is 0 Å². The van der Waals surface area contributed by atoms with Gasteiger partial charge < -0.3 is 4.90 Å². The molecule has 0 aromatic carbocycles. The zero-order chi connectivity index (χ0) is 10.1. The standard InChI is InChI=1S/C11H17NO2/c1-8(13)9-4-6-12(7-5-9)11(14)10-2-3-10/h9-10H,2-7H2,1H3. The van der Waals surface area contributed by atoms with Crippen molar-refractivity contribution in [2.45, 2.75) is 32.6 Å². The molecule has 0 N–H and O–H groups in total. The Bertz CT molecular complexity index is 250. The average Bonchev–Trinajstić information content (AvgIpc) is 3.00. The maximum absolute atomic E-state index is 11.7. The van der Waals surface area contributed by atoms with E-state index in [-0.39, 0.29) is 11.7 Å². The topological polar surface area (TPSA) is 37.4 Å². The largest absolute Gasteiger partial charge is 0.342 e. The summed E-state index contributed by atoms with van der Waals surface area (Å²) in [6.45, 7) is 3.24. The second kappa shape index (κ2) is 3.71. The molecule has 1 heterocycles. The molecule has 1 saturated heterocycles. The van der Waals surface area contributed by atoms with Crippen LogP contribution in [0.5, 0.6) is 0 Å². The molecule has 0 aromatic heterocycles. The molecule has 1 saturated carbocycles. The van der Waals surface area contributed by atoms with E-state index in [0.29, 0.717) is 11.8 Å². The van der Waals surface area contributed by atoms with Crippen molar-refractivity contribution >= 4 is 11.7 Å². The second-order valence-electron chi connectivity index (χ2n) is 4.48. The van der Waals surface area contributed by atoms with Crippen molar-refractivity contribution in [3.63, 3.8) is 0 Å². The fourth-order valence-electron chi connectivity index (χ4n) is 2.09. The van der Waals surface area contributed by atoms with Crippen LogP contribution in [0, 0.1) is 11.8 Å². The van der Waals surface area contributed by atoms with E-state index in [1.807, 2.05) is 4.90 Å². The minimum Gasteiger partial charge on any atom is -0.342 e. The average molecular weight is 195 g/mol. The summed E-state index contributed by atoms with van der Waals surface area (Å²) in [5, 5.41) is 0. The van der Waals surface area contributed by atoms with Crippen LogP contribution in [-0.2, 0) is 9.59 Å². The molecule has 14 heavy (non-hydrogen) atoms. The predicted octanol–water partition coefficient (Wildman–Crippen LogP) is 1.22. The van der Waals surface area contributed by atoms with E-state index in [2.05, 4.69) is 0 Å². The number of carbonyl (C=O) groups excluding carboxylic acids is 2. The van der Waals surface area contributed by atoms with Gasteiger partial charge in [-0.15, -0.1) is 0 Å². The number of nitrogens with zero attached hydrogens (tertiary/aromatic N) is 1. The normalized spacial score (nSPS) is 23.6. The van der Waals surface area contributed by atoms with Gasteiger partial charge >= 0.3 is 0 Å². The molecular weight excluding hydrogens is 178 g/mol. The van der Waals surface area contributed by atoms with Gasteiger partial charge in [0.1, 0.15) is 5.78 Å². The fourth-order valence-corrected chi connectivity index (χ4v) is 2.09. The molecule has 3 nitrogen and oxygen atoms in total. The summed E-state index contributed by atoms with van der Waals surface area (Å²) >= 11 is 0. The highest BCUT2D eigenvalue weighted by Crippen LogP contribution is 2.32. The number of hydrogen-bond acceptors (Lipinski definition) is 2. The summed E-state index contributed by atoms with van der Waals surface area (Å²) in [5.41, 5.74) is 0. The van der Waals surface area contributed by atoms with Crippen molar-refractivity contribution in [1.29, 1.82) is 0 Å². The van der Waals surface area contributed by atoms with Crippen LogP contribution in [0.4, 0.5) is 0 Å². The molecule has 1 aliphatic heterocycles. The number of ketones is 1. The molecule has 0 aromatic rings. The molecular formula is C11H17NO2. The second-order valence-corrected chi connectivity index (χ2v) is 4.48. The molecule has 1 amide bonds. The molecule has 1 aliphatic carbocycles. The van der Waals surface area contributed by atoms with Crippen molar-refractivity contribution in [2.75, 3.05) is 13.1 Å². The van der Waals surface area contributed by atoms with Crippen LogP contribution in [-0.4, -0.2) is 29.7 Å². The summed E-state index contributed by atoms with van der Waals surface area (Å²) in [7, 11) is 0. The third-order valence-electron chi connectivity index (χ3n) is 3.31. The summed E-state index contributed by atoms with van der Waals surface area (Å²) < 4.78 is 0. The first-order valence-corrected chi connectivity index (χ1v) is 5.47. The fraction of sp³-hybridized carbons (Fsp3) is 0.818. The van der Waals surface area contributed by atoms with Gasteiger partial charge in [-0.1, -0.05) is 0 Å². The molecule has 3 heteroatoms. The Morgan fingerprint density at radius 1 is 1.00 bits per heavy atom. The molecule has 2 fully saturated rings. The smallest absolute Gasteiger partial charge is 0.225 e. The monoisotopic (exact) mass is 195 g/mol. The number of carbonyl (C=O) groups is 2. The Balaban J connectivity index is 1.83. The van der Waals surface area contributed by atoms with E-state index in [1.165, 1.54) is 0 Å². The van der Waals surface area contributed by atoms with Gasteiger partial charge in [0.2, 0.25) is 5.91 Å². The quantitative estimate of drug-likeness (QED) is 0.664. The lowest BCUT2D eigenvalue weighted by Gasteiger charge is -2.30. The Labute approximate surface area is 84.5 Å². The van der Waals surface area contributed by atoms with E-state index >= 15 is 0 Å². The molecule has 78 valence electrons. The van der Waals surface area contributed by atoms with Crippen molar-refractivity contribution in [2.24, 2.45) is 11.8 Å². The highest BCUT2D eigenvalue weighted by Gasteiger charge is 2.35. The first-order chi connectivity index (χ1) is 6.68. The minimum absolute atomic E-state index is 0.207. The van der Waals surface area contributed by atoms with E-state index in [1.54, 1.807) is 6.92 Å². The first-order valence-electron chi connectivity index (χ1n) is 5.47. The molecule has 2 rings (SSSR count). The summed E-state index contributed by atoms with van der Waals surface area (Å²) in [4.78, 5) is 24.7. The van der Waals surface area contributed by atoms with Gasteiger partial charge in [0.05, 0.1) is 0 Å². The van der Waals surface area contributed by atoms with E-state index < -0.39 is 0 Å². The summed E-state index contributed by atoms with van der Waals surface area (Å²) in [5.74, 6) is 1.14. The van der Waals surface area contributed by atoms with Crippen LogP contribution < -0.4 is 0 Å². The van der Waals surface area contributed by atoms with Gasteiger partial charge in [-0.2, -0.15) is 0 Å². The molecule has 2 aliphatic rings. The summed E-state index contributed by atoms with van der Waals surface area (Å²) in [6, 6.07) is 0. The molecule has 0 spiro atoms. The number of Topliss-reactive ketones (excluding diaryl/α,β-unsaturated/α-hetero) is 1. The lowest BCUT2D eigenvalue weighted by molar-refractivity contribution is -0.135. The zero-order valence-electron chi connectivity index (χ0n) is 8.66. The highest BCUT2D eigenvalue weighted by atomic mass is 16.2. The number of amides is 1. The predicted molar refractivity (Wildman–Crippen MR) is 52.7 cm³/mol. The van der Waals surface area contributed by atoms with E-state index in [9.17, 15) is 9.59 Å². The van der Waals surface area contributed by atoms with Gasteiger partial charge in [0.25, 0.3) is 0 Å². The van der Waals surface area contributed by atoms with Crippen LogP contribution in [0.2, 0.25) is 0 Å². The Morgan fingerprint density at radius 3 is 2.00 bits per heavy atom. The highest BCUT2D eigenvalue weighted by molar-refractivity contribution is 5.82. The SMILES string of the molecule is CC(=O)C1CCN(C(=O)C2CC2)CC1. The number of rotatable bonds is 2. The van der Waals surface area contributed by atoms with E-state index in [0.717, 1.165) is 38.8 Å². The molecule has 0 atom stereocenters. The maximum atomic E-state index is 11.7. The van der Waals surface area contributed by atoms with Gasteiger partial charge in [0, 0.05) is 24.9 Å². The Kier molecular flexibility index (Phi) is 2.57. The van der Waals surface area contributed by atoms with Crippen LogP contribution in [0.25, 0.3) is 0 Å². The number of hydrogen-bond donors (Lipinski definition) is 0. The lowest BCUT2D eigenvalue weighted by atomic mass is 9.93. The lowest BCUT2D eigenvalue weighted by Crippen LogP contribution is -2.40. The van der Waals surface area contributed by atoms with Crippen LogP contribution in [0.1, 0.15) is 32.6 Å². The van der Waals surface area contributed by atoms with Gasteiger partial charge in [-0.25, -0.2) is 0 Å². The number of piperidine rings is 1.